The summed E-state index contributed by atoms with van der Waals surface area (Å²) in [6.45, 7) is 7.40. The Kier molecular flexibility index (Phi) is 8.40. The molecule has 0 saturated heterocycles. The van der Waals surface area contributed by atoms with Crippen LogP contribution < -0.4 is 10.1 Å². The highest BCUT2D eigenvalue weighted by atomic mass is 16.6. The van der Waals surface area contributed by atoms with Crippen LogP contribution in [0.5, 0.6) is 5.75 Å². The van der Waals surface area contributed by atoms with Crippen LogP contribution in [0, 0.1) is 19.8 Å². The number of carbonyl (C=O) groups excluding carboxylic acids is 1. The first kappa shape index (κ1) is 28.1. The Labute approximate surface area is 236 Å². The van der Waals surface area contributed by atoms with Crippen molar-refractivity contribution in [2.45, 2.75) is 84.2 Å². The van der Waals surface area contributed by atoms with E-state index in [9.17, 15) is 9.90 Å². The molecule has 5 rings (SSSR count). The molecular formula is C31H41N5O4. The predicted molar refractivity (Wildman–Crippen MR) is 153 cm³/mol. The van der Waals surface area contributed by atoms with Crippen LogP contribution in [0.4, 0.5) is 0 Å². The molecule has 9 nitrogen and oxygen atoms in total. The molecule has 1 aromatic carbocycles. The van der Waals surface area contributed by atoms with Gasteiger partial charge in [-0.1, -0.05) is 31.9 Å². The lowest BCUT2D eigenvalue weighted by molar-refractivity contribution is -0.167. The molecule has 2 aromatic heterocycles. The van der Waals surface area contributed by atoms with Crippen molar-refractivity contribution in [2.75, 3.05) is 20.2 Å². The van der Waals surface area contributed by atoms with E-state index in [0.29, 0.717) is 31.1 Å². The summed E-state index contributed by atoms with van der Waals surface area (Å²) in [6, 6.07) is 8.29. The minimum atomic E-state index is -0.711. The van der Waals surface area contributed by atoms with Crippen LogP contribution in [0.3, 0.4) is 0 Å². The van der Waals surface area contributed by atoms with Crippen molar-refractivity contribution in [3.63, 3.8) is 0 Å². The zero-order valence-corrected chi connectivity index (χ0v) is 24.1. The van der Waals surface area contributed by atoms with Crippen molar-refractivity contribution < 1.29 is 19.4 Å². The summed E-state index contributed by atoms with van der Waals surface area (Å²) >= 11 is 0. The van der Waals surface area contributed by atoms with Gasteiger partial charge in [0.2, 0.25) is 0 Å². The van der Waals surface area contributed by atoms with Gasteiger partial charge in [-0.15, -0.1) is 5.10 Å². The maximum atomic E-state index is 13.5. The number of hydrogen-bond donors (Lipinski definition) is 2. The van der Waals surface area contributed by atoms with Gasteiger partial charge in [-0.3, -0.25) is 0 Å². The second-order valence-corrected chi connectivity index (χ2v) is 11.2. The zero-order valence-electron chi connectivity index (χ0n) is 24.1. The molecule has 1 saturated carbocycles. The lowest BCUT2D eigenvalue weighted by atomic mass is 9.76. The number of likely N-dealkylation sites (N-methyl/N-ethyl adjacent to an activating group) is 1. The first-order valence-corrected chi connectivity index (χ1v) is 14.6. The fraction of sp³-hybridized carbons (Fsp3) is 0.548. The van der Waals surface area contributed by atoms with Crippen molar-refractivity contribution in [1.29, 1.82) is 0 Å². The smallest absolute Gasteiger partial charge is 0.338 e. The zero-order chi connectivity index (χ0) is 28.3. The third-order valence-corrected chi connectivity index (χ3v) is 8.41. The number of ether oxygens (including phenoxy) is 2. The molecule has 3 aromatic rings. The predicted octanol–water partition coefficient (Wildman–Crippen LogP) is 4.77. The van der Waals surface area contributed by atoms with Crippen molar-refractivity contribution >= 4 is 11.7 Å². The number of cyclic esters (lactones) is 1. The molecule has 3 heterocycles. The third kappa shape index (κ3) is 5.84. The molecule has 1 atom stereocenters. The normalized spacial score (nSPS) is 19.9. The van der Waals surface area contributed by atoms with Gasteiger partial charge in [0, 0.05) is 30.8 Å². The number of aliphatic hydroxyl groups excluding tert-OH is 1. The number of nitrogens with zero attached hydrogens (tertiary/aromatic N) is 4. The van der Waals surface area contributed by atoms with E-state index in [1.54, 1.807) is 4.52 Å². The topological polar surface area (TPSA) is 111 Å². The Morgan fingerprint density at radius 3 is 2.73 bits per heavy atom. The monoisotopic (exact) mass is 547 g/mol. The summed E-state index contributed by atoms with van der Waals surface area (Å²) in [6.07, 6.45) is 7.00. The van der Waals surface area contributed by atoms with Crippen LogP contribution in [0.25, 0.3) is 5.78 Å². The van der Waals surface area contributed by atoms with Gasteiger partial charge in [-0.05, 0) is 82.2 Å². The van der Waals surface area contributed by atoms with Gasteiger partial charge < -0.3 is 19.9 Å². The fourth-order valence-corrected chi connectivity index (χ4v) is 6.25. The van der Waals surface area contributed by atoms with E-state index in [1.165, 1.54) is 11.1 Å². The molecule has 1 fully saturated rings. The first-order chi connectivity index (χ1) is 19.3. The number of hydrogen-bond acceptors (Lipinski definition) is 8. The van der Waals surface area contributed by atoms with E-state index in [0.717, 1.165) is 62.2 Å². The van der Waals surface area contributed by atoms with Crippen LogP contribution >= 0.6 is 0 Å². The average molecular weight is 548 g/mol. The van der Waals surface area contributed by atoms with Crippen molar-refractivity contribution in [3.05, 3.63) is 63.9 Å². The van der Waals surface area contributed by atoms with Crippen LogP contribution in [0.15, 0.2) is 35.6 Å². The Morgan fingerprint density at radius 2 is 2.00 bits per heavy atom. The molecule has 9 heteroatoms. The second-order valence-electron chi connectivity index (χ2n) is 11.2. The lowest BCUT2D eigenvalue weighted by Gasteiger charge is -2.41. The van der Waals surface area contributed by atoms with Gasteiger partial charge in [-0.2, -0.15) is 4.98 Å². The Bertz CT molecular complexity index is 1410. The second kappa shape index (κ2) is 12.0. The van der Waals surface area contributed by atoms with Crippen LogP contribution in [-0.4, -0.2) is 56.5 Å². The molecule has 0 spiro atoms. The minimum absolute atomic E-state index is 0.102. The summed E-state index contributed by atoms with van der Waals surface area (Å²) in [5.74, 6) is 1.72. The summed E-state index contributed by atoms with van der Waals surface area (Å²) in [7, 11) is 1.91. The number of benzene rings is 1. The molecule has 0 bridgehead atoms. The standard InChI is InChI=1S/C31H41N5O4/c1-5-23-17-22(10-11-27(23)39-15-14-32-4)12-13-31(24-8-6-7-9-24)19-26(37)25(29(38)40-31)18-28-34-30-33-20(2)16-21(3)36(30)35-28/h10-11,16-17,24,32,37H,5-9,12-15,18-19H2,1-4H3. The number of aryl methyl sites for hydroxylation is 4. The number of esters is 1. The van der Waals surface area contributed by atoms with Crippen molar-refractivity contribution in [2.24, 2.45) is 5.92 Å². The van der Waals surface area contributed by atoms with Gasteiger partial charge in [0.05, 0.1) is 5.57 Å². The number of aliphatic hydroxyl groups is 1. The van der Waals surface area contributed by atoms with Crippen LogP contribution in [-0.2, 0) is 28.8 Å². The fourth-order valence-electron chi connectivity index (χ4n) is 6.25. The molecule has 1 unspecified atom stereocenters. The quantitative estimate of drug-likeness (QED) is 0.261. The molecule has 214 valence electrons. The molecular weight excluding hydrogens is 506 g/mol. The van der Waals surface area contributed by atoms with Gasteiger partial charge in [0.25, 0.3) is 5.78 Å². The SMILES string of the molecule is CCc1cc(CCC2(C3CCCC3)CC(O)=C(Cc3nc4nc(C)cc(C)n4n3)C(=O)O2)ccc1OCCNC. The molecule has 2 N–H and O–H groups in total. The van der Waals surface area contributed by atoms with E-state index < -0.39 is 11.6 Å². The highest BCUT2D eigenvalue weighted by Gasteiger charge is 2.48. The highest BCUT2D eigenvalue weighted by molar-refractivity contribution is 5.90. The third-order valence-electron chi connectivity index (χ3n) is 8.41. The summed E-state index contributed by atoms with van der Waals surface area (Å²) in [5, 5.41) is 18.9. The molecule has 1 aliphatic heterocycles. The average Bonchev–Trinajstić information content (AvgIpc) is 3.61. The maximum Gasteiger partial charge on any atom is 0.338 e. The maximum absolute atomic E-state index is 13.5. The number of nitrogens with one attached hydrogen (secondary N) is 1. The molecule has 1 aliphatic carbocycles. The first-order valence-electron chi connectivity index (χ1n) is 14.6. The van der Waals surface area contributed by atoms with Gasteiger partial charge in [-0.25, -0.2) is 14.3 Å². The van der Waals surface area contributed by atoms with E-state index in [4.69, 9.17) is 9.47 Å². The number of aromatic nitrogens is 4. The Balaban J connectivity index is 1.36. The van der Waals surface area contributed by atoms with E-state index in [2.05, 4.69) is 39.4 Å². The van der Waals surface area contributed by atoms with Gasteiger partial charge >= 0.3 is 5.97 Å². The Hall–Kier alpha value is -3.46. The Morgan fingerprint density at radius 1 is 1.20 bits per heavy atom. The number of fused-ring (bicyclic) bond motifs is 1. The molecule has 0 amide bonds. The number of rotatable bonds is 11. The van der Waals surface area contributed by atoms with Crippen LogP contribution in [0.1, 0.15) is 73.8 Å². The van der Waals surface area contributed by atoms with Crippen molar-refractivity contribution in [3.8, 4) is 5.75 Å². The minimum Gasteiger partial charge on any atom is -0.512 e. The van der Waals surface area contributed by atoms with Crippen LogP contribution in [0.2, 0.25) is 0 Å². The summed E-state index contributed by atoms with van der Waals surface area (Å²) in [5.41, 5.74) is 3.66. The molecule has 0 radical (unpaired) electrons. The number of carbonyl (C=O) groups is 1. The summed E-state index contributed by atoms with van der Waals surface area (Å²) < 4.78 is 13.9. The molecule has 2 aliphatic rings. The summed E-state index contributed by atoms with van der Waals surface area (Å²) in [4.78, 5) is 22.4. The van der Waals surface area contributed by atoms with E-state index in [1.807, 2.05) is 33.0 Å². The van der Waals surface area contributed by atoms with Gasteiger partial charge in [0.1, 0.15) is 23.7 Å². The van der Waals surface area contributed by atoms with E-state index >= 15 is 0 Å². The molecule has 40 heavy (non-hydrogen) atoms. The largest absolute Gasteiger partial charge is 0.512 e. The van der Waals surface area contributed by atoms with Crippen molar-refractivity contribution in [1.82, 2.24) is 24.9 Å². The van der Waals surface area contributed by atoms with Gasteiger partial charge in [0.15, 0.2) is 5.82 Å². The lowest BCUT2D eigenvalue weighted by Crippen LogP contribution is -2.46. The van der Waals surface area contributed by atoms with E-state index in [-0.39, 0.29) is 23.7 Å². The highest BCUT2D eigenvalue weighted by Crippen LogP contribution is 2.46.